The average Bonchev–Trinajstić information content (AvgIpc) is 3.22. The second kappa shape index (κ2) is 9.59. The summed E-state index contributed by atoms with van der Waals surface area (Å²) in [7, 11) is 3.13. The van der Waals surface area contributed by atoms with Crippen molar-refractivity contribution in [2.75, 3.05) is 26.1 Å². The third-order valence-corrected chi connectivity index (χ3v) is 4.12. The molecule has 0 saturated heterocycles. The molecule has 0 fully saturated rings. The van der Waals surface area contributed by atoms with Gasteiger partial charge in [-0.05, 0) is 49.4 Å². The van der Waals surface area contributed by atoms with Crippen molar-refractivity contribution in [1.82, 2.24) is 10.1 Å². The molecule has 1 aromatic heterocycles. The standard InChI is InChI=1S/C21H23N3O5/c1-4-28-16-8-6-15(7-9-16)22-19(25)11-12-20-23-21(24-29-20)14-5-10-17(26-2)18(13-14)27-3/h5-10,13H,4,11-12H2,1-3H3,(H,22,25). The summed E-state index contributed by atoms with van der Waals surface area (Å²) < 4.78 is 21.2. The van der Waals surface area contributed by atoms with Crippen molar-refractivity contribution in [3.05, 3.63) is 48.4 Å². The van der Waals surface area contributed by atoms with Gasteiger partial charge in [0.15, 0.2) is 11.5 Å². The van der Waals surface area contributed by atoms with Crippen molar-refractivity contribution >= 4 is 11.6 Å². The first kappa shape index (κ1) is 20.2. The lowest BCUT2D eigenvalue weighted by atomic mass is 10.2. The Morgan fingerprint density at radius 3 is 2.52 bits per heavy atom. The number of benzene rings is 2. The minimum atomic E-state index is -0.139. The molecule has 8 heteroatoms. The smallest absolute Gasteiger partial charge is 0.227 e. The second-order valence-corrected chi connectivity index (χ2v) is 6.09. The molecular formula is C21H23N3O5. The van der Waals surface area contributed by atoms with E-state index < -0.39 is 0 Å². The van der Waals surface area contributed by atoms with E-state index in [2.05, 4.69) is 15.5 Å². The summed E-state index contributed by atoms with van der Waals surface area (Å²) in [6.07, 6.45) is 0.559. The molecule has 8 nitrogen and oxygen atoms in total. The molecule has 0 radical (unpaired) electrons. The summed E-state index contributed by atoms with van der Waals surface area (Å²) in [5.74, 6) is 2.63. The third-order valence-electron chi connectivity index (χ3n) is 4.12. The number of hydrogen-bond acceptors (Lipinski definition) is 7. The van der Waals surface area contributed by atoms with Gasteiger partial charge in [-0.1, -0.05) is 5.16 Å². The largest absolute Gasteiger partial charge is 0.494 e. The van der Waals surface area contributed by atoms with Gasteiger partial charge in [0.05, 0.1) is 20.8 Å². The van der Waals surface area contributed by atoms with Crippen molar-refractivity contribution in [3.8, 4) is 28.6 Å². The zero-order valence-corrected chi connectivity index (χ0v) is 16.6. The predicted molar refractivity (Wildman–Crippen MR) is 107 cm³/mol. The first-order valence-corrected chi connectivity index (χ1v) is 9.20. The minimum Gasteiger partial charge on any atom is -0.494 e. The summed E-state index contributed by atoms with van der Waals surface area (Å²) in [6.45, 7) is 2.52. The van der Waals surface area contributed by atoms with Gasteiger partial charge in [-0.3, -0.25) is 4.79 Å². The number of aromatic nitrogens is 2. The van der Waals surface area contributed by atoms with Gasteiger partial charge in [0.2, 0.25) is 17.6 Å². The molecule has 3 rings (SSSR count). The SMILES string of the molecule is CCOc1ccc(NC(=O)CCc2nc(-c3ccc(OC)c(OC)c3)no2)cc1. The Labute approximate surface area is 168 Å². The number of methoxy groups -OCH3 is 2. The predicted octanol–water partition coefficient (Wildman–Crippen LogP) is 3.72. The highest BCUT2D eigenvalue weighted by atomic mass is 16.5. The number of carbonyl (C=O) groups is 1. The quantitative estimate of drug-likeness (QED) is 0.588. The Balaban J connectivity index is 1.57. The van der Waals surface area contributed by atoms with Crippen molar-refractivity contribution in [2.45, 2.75) is 19.8 Å². The number of ether oxygens (including phenoxy) is 3. The van der Waals surface area contributed by atoms with E-state index in [0.717, 1.165) is 11.3 Å². The average molecular weight is 397 g/mol. The summed E-state index contributed by atoms with van der Waals surface area (Å²) >= 11 is 0. The molecule has 0 aliphatic heterocycles. The highest BCUT2D eigenvalue weighted by molar-refractivity contribution is 5.90. The molecule has 0 spiro atoms. The molecule has 3 aromatic rings. The van der Waals surface area contributed by atoms with Gasteiger partial charge in [-0.25, -0.2) is 0 Å². The molecule has 0 unspecified atom stereocenters. The lowest BCUT2D eigenvalue weighted by molar-refractivity contribution is -0.116. The first-order valence-electron chi connectivity index (χ1n) is 9.20. The Hall–Kier alpha value is -3.55. The summed E-state index contributed by atoms with van der Waals surface area (Å²) in [5, 5.41) is 6.81. The maximum absolute atomic E-state index is 12.2. The van der Waals surface area contributed by atoms with E-state index in [4.69, 9.17) is 18.7 Å². The molecule has 2 aromatic carbocycles. The summed E-state index contributed by atoms with van der Waals surface area (Å²) in [4.78, 5) is 16.5. The van der Waals surface area contributed by atoms with Gasteiger partial charge in [0.25, 0.3) is 0 Å². The van der Waals surface area contributed by atoms with Crippen LogP contribution in [0.2, 0.25) is 0 Å². The number of nitrogens with zero attached hydrogens (tertiary/aromatic N) is 2. The van der Waals surface area contributed by atoms with E-state index in [9.17, 15) is 4.79 Å². The molecule has 152 valence electrons. The number of rotatable bonds is 9. The molecule has 29 heavy (non-hydrogen) atoms. The van der Waals surface area contributed by atoms with E-state index in [1.807, 2.05) is 25.1 Å². The minimum absolute atomic E-state index is 0.139. The summed E-state index contributed by atoms with van der Waals surface area (Å²) in [5.41, 5.74) is 1.44. The van der Waals surface area contributed by atoms with Crippen molar-refractivity contribution < 1.29 is 23.5 Å². The van der Waals surface area contributed by atoms with Crippen molar-refractivity contribution in [3.63, 3.8) is 0 Å². The molecule has 0 saturated carbocycles. The number of carbonyl (C=O) groups excluding carboxylic acids is 1. The zero-order chi connectivity index (χ0) is 20.6. The van der Waals surface area contributed by atoms with Crippen molar-refractivity contribution in [2.24, 2.45) is 0 Å². The van der Waals surface area contributed by atoms with E-state index in [1.165, 1.54) is 0 Å². The van der Waals surface area contributed by atoms with E-state index in [1.54, 1.807) is 38.5 Å². The number of nitrogens with one attached hydrogen (secondary N) is 1. The van der Waals surface area contributed by atoms with Crippen LogP contribution in [0.25, 0.3) is 11.4 Å². The van der Waals surface area contributed by atoms with E-state index in [-0.39, 0.29) is 12.3 Å². The zero-order valence-electron chi connectivity index (χ0n) is 16.6. The van der Waals surface area contributed by atoms with Crippen LogP contribution in [0.15, 0.2) is 47.0 Å². The molecular weight excluding hydrogens is 374 g/mol. The van der Waals surface area contributed by atoms with Crippen LogP contribution in [-0.4, -0.2) is 36.9 Å². The Kier molecular flexibility index (Phi) is 6.67. The van der Waals surface area contributed by atoms with Crippen LogP contribution in [0, 0.1) is 0 Å². The lowest BCUT2D eigenvalue weighted by Gasteiger charge is -2.07. The van der Waals surface area contributed by atoms with Crippen LogP contribution < -0.4 is 19.5 Å². The highest BCUT2D eigenvalue weighted by Crippen LogP contribution is 2.31. The number of amides is 1. The lowest BCUT2D eigenvalue weighted by Crippen LogP contribution is -2.12. The highest BCUT2D eigenvalue weighted by Gasteiger charge is 2.13. The Morgan fingerprint density at radius 2 is 1.83 bits per heavy atom. The van der Waals surface area contributed by atoms with Gasteiger partial charge in [0.1, 0.15) is 5.75 Å². The van der Waals surface area contributed by atoms with Crippen LogP contribution in [0.4, 0.5) is 5.69 Å². The normalized spacial score (nSPS) is 10.4. The number of hydrogen-bond donors (Lipinski definition) is 1. The maximum Gasteiger partial charge on any atom is 0.227 e. The van der Waals surface area contributed by atoms with Crippen LogP contribution in [0.3, 0.4) is 0 Å². The third kappa shape index (κ3) is 5.25. The fourth-order valence-corrected chi connectivity index (χ4v) is 2.69. The van der Waals surface area contributed by atoms with E-state index >= 15 is 0 Å². The van der Waals surface area contributed by atoms with Crippen LogP contribution in [-0.2, 0) is 11.2 Å². The van der Waals surface area contributed by atoms with Crippen LogP contribution in [0.5, 0.6) is 17.2 Å². The van der Waals surface area contributed by atoms with Gasteiger partial charge >= 0.3 is 0 Å². The van der Waals surface area contributed by atoms with Gasteiger partial charge < -0.3 is 24.1 Å². The molecule has 0 aliphatic carbocycles. The van der Waals surface area contributed by atoms with Gasteiger partial charge in [-0.15, -0.1) is 0 Å². The Bertz CT molecular complexity index is 953. The molecule has 1 amide bonds. The monoisotopic (exact) mass is 397 g/mol. The summed E-state index contributed by atoms with van der Waals surface area (Å²) in [6, 6.07) is 12.6. The molecule has 0 atom stereocenters. The Morgan fingerprint density at radius 1 is 1.07 bits per heavy atom. The van der Waals surface area contributed by atoms with Gasteiger partial charge in [0, 0.05) is 24.1 Å². The van der Waals surface area contributed by atoms with Crippen molar-refractivity contribution in [1.29, 1.82) is 0 Å². The second-order valence-electron chi connectivity index (χ2n) is 6.09. The van der Waals surface area contributed by atoms with Crippen LogP contribution >= 0.6 is 0 Å². The molecule has 1 heterocycles. The number of anilines is 1. The fraction of sp³-hybridized carbons (Fsp3) is 0.286. The molecule has 0 aliphatic rings. The first-order chi connectivity index (χ1) is 14.1. The fourth-order valence-electron chi connectivity index (χ4n) is 2.69. The molecule has 1 N–H and O–H groups in total. The topological polar surface area (TPSA) is 95.7 Å². The van der Waals surface area contributed by atoms with E-state index in [0.29, 0.717) is 41.9 Å². The maximum atomic E-state index is 12.2. The van der Waals surface area contributed by atoms with Gasteiger partial charge in [-0.2, -0.15) is 4.98 Å². The number of aryl methyl sites for hydroxylation is 1. The van der Waals surface area contributed by atoms with Crippen LogP contribution in [0.1, 0.15) is 19.2 Å². The molecule has 0 bridgehead atoms.